The normalized spacial score (nSPS) is 10.9. The molecule has 0 spiro atoms. The van der Waals surface area contributed by atoms with Crippen molar-refractivity contribution in [3.63, 3.8) is 0 Å². The van der Waals surface area contributed by atoms with E-state index in [-0.39, 0.29) is 0 Å². The third-order valence-corrected chi connectivity index (χ3v) is 3.90. The molecule has 0 radical (unpaired) electrons. The zero-order valence-corrected chi connectivity index (χ0v) is 13.7. The number of hydrogen-bond donors (Lipinski definition) is 1. The predicted molar refractivity (Wildman–Crippen MR) is 88.5 cm³/mol. The lowest BCUT2D eigenvalue weighted by molar-refractivity contribution is 0.297. The van der Waals surface area contributed by atoms with Gasteiger partial charge in [-0.3, -0.25) is 0 Å². The number of thiophene rings is 1. The van der Waals surface area contributed by atoms with Gasteiger partial charge in [0.25, 0.3) is 0 Å². The number of rotatable bonds is 8. The van der Waals surface area contributed by atoms with E-state index >= 15 is 0 Å². The van der Waals surface area contributed by atoms with Crippen molar-refractivity contribution in [3.05, 3.63) is 46.2 Å². The Balaban J connectivity index is 1.92. The van der Waals surface area contributed by atoms with E-state index in [0.29, 0.717) is 12.6 Å². The number of methoxy groups -OCH3 is 1. The molecule has 4 heteroatoms. The van der Waals surface area contributed by atoms with Gasteiger partial charge in [0.15, 0.2) is 11.5 Å². The number of hydrogen-bond acceptors (Lipinski definition) is 4. The van der Waals surface area contributed by atoms with Gasteiger partial charge >= 0.3 is 0 Å². The number of nitrogens with one attached hydrogen (secondary N) is 1. The second-order valence-electron chi connectivity index (χ2n) is 5.25. The van der Waals surface area contributed by atoms with Crippen LogP contribution >= 0.6 is 11.3 Å². The van der Waals surface area contributed by atoms with Gasteiger partial charge in [0.05, 0.1) is 13.7 Å². The average Bonchev–Trinajstić information content (AvgIpc) is 2.99. The van der Waals surface area contributed by atoms with Gasteiger partial charge in [-0.2, -0.15) is 11.3 Å². The second kappa shape index (κ2) is 8.05. The molecule has 0 atom stereocenters. The largest absolute Gasteiger partial charge is 0.493 e. The Hall–Kier alpha value is -1.52. The van der Waals surface area contributed by atoms with Gasteiger partial charge in [0.1, 0.15) is 0 Å². The Morgan fingerprint density at radius 3 is 2.67 bits per heavy atom. The first-order chi connectivity index (χ1) is 10.2. The summed E-state index contributed by atoms with van der Waals surface area (Å²) in [7, 11) is 1.68. The summed E-state index contributed by atoms with van der Waals surface area (Å²) in [6.07, 6.45) is 0.920. The molecule has 0 unspecified atom stereocenters. The first-order valence-electron chi connectivity index (χ1n) is 7.23. The summed E-state index contributed by atoms with van der Waals surface area (Å²) < 4.78 is 11.3. The fourth-order valence-corrected chi connectivity index (χ4v) is 2.68. The van der Waals surface area contributed by atoms with Gasteiger partial charge in [-0.15, -0.1) is 0 Å². The van der Waals surface area contributed by atoms with Crippen LogP contribution in [0.3, 0.4) is 0 Å². The highest BCUT2D eigenvalue weighted by molar-refractivity contribution is 7.07. The molecule has 3 nitrogen and oxygen atoms in total. The zero-order valence-electron chi connectivity index (χ0n) is 12.9. The molecule has 2 aromatic rings. The summed E-state index contributed by atoms with van der Waals surface area (Å²) >= 11 is 1.72. The Bertz CT molecular complexity index is 538. The molecule has 0 fully saturated rings. The minimum absolute atomic E-state index is 0.470. The van der Waals surface area contributed by atoms with Crippen molar-refractivity contribution in [1.82, 2.24) is 5.32 Å². The van der Waals surface area contributed by atoms with Crippen molar-refractivity contribution < 1.29 is 9.47 Å². The first kappa shape index (κ1) is 15.9. The maximum atomic E-state index is 5.84. The topological polar surface area (TPSA) is 30.5 Å². The highest BCUT2D eigenvalue weighted by Gasteiger charge is 2.06. The Morgan fingerprint density at radius 1 is 1.14 bits per heavy atom. The van der Waals surface area contributed by atoms with Crippen molar-refractivity contribution >= 4 is 11.3 Å². The number of ether oxygens (including phenoxy) is 2. The maximum absolute atomic E-state index is 5.84. The van der Waals surface area contributed by atoms with E-state index < -0.39 is 0 Å². The van der Waals surface area contributed by atoms with Crippen LogP contribution in [0.25, 0.3) is 0 Å². The summed E-state index contributed by atoms with van der Waals surface area (Å²) in [6.45, 7) is 5.78. The monoisotopic (exact) mass is 305 g/mol. The van der Waals surface area contributed by atoms with Gasteiger partial charge < -0.3 is 14.8 Å². The molecule has 0 aliphatic heterocycles. The molecule has 0 aliphatic rings. The SMILES string of the molecule is COc1cc(CNC(C)C)ccc1OCCc1ccsc1. The summed E-state index contributed by atoms with van der Waals surface area (Å²) in [5.74, 6) is 1.60. The third kappa shape index (κ3) is 5.06. The highest BCUT2D eigenvalue weighted by Crippen LogP contribution is 2.28. The fourth-order valence-electron chi connectivity index (χ4n) is 1.98. The molecule has 2 rings (SSSR count). The fraction of sp³-hybridized carbons (Fsp3) is 0.412. The molecule has 21 heavy (non-hydrogen) atoms. The van der Waals surface area contributed by atoms with Gasteiger partial charge in [0.2, 0.25) is 0 Å². The molecule has 0 saturated heterocycles. The lowest BCUT2D eigenvalue weighted by Crippen LogP contribution is -2.21. The smallest absolute Gasteiger partial charge is 0.161 e. The maximum Gasteiger partial charge on any atom is 0.161 e. The van der Waals surface area contributed by atoms with Gasteiger partial charge in [-0.05, 0) is 40.1 Å². The lowest BCUT2D eigenvalue weighted by Gasteiger charge is -2.13. The third-order valence-electron chi connectivity index (χ3n) is 3.17. The summed E-state index contributed by atoms with van der Waals surface area (Å²) in [6, 6.07) is 8.71. The van der Waals surface area contributed by atoms with Crippen molar-refractivity contribution in [2.45, 2.75) is 32.9 Å². The Kier molecular flexibility index (Phi) is 6.08. The predicted octanol–water partition coefficient (Wildman–Crippen LogP) is 3.88. The summed E-state index contributed by atoms with van der Waals surface area (Å²) in [4.78, 5) is 0. The van der Waals surface area contributed by atoms with Crippen molar-refractivity contribution in [2.75, 3.05) is 13.7 Å². The molecule has 1 N–H and O–H groups in total. The molecule has 1 aromatic heterocycles. The van der Waals surface area contributed by atoms with E-state index in [0.717, 1.165) is 24.5 Å². The van der Waals surface area contributed by atoms with Crippen LogP contribution in [0.4, 0.5) is 0 Å². The first-order valence-corrected chi connectivity index (χ1v) is 8.17. The molecule has 1 heterocycles. The quantitative estimate of drug-likeness (QED) is 0.803. The van der Waals surface area contributed by atoms with E-state index in [1.807, 2.05) is 12.1 Å². The van der Waals surface area contributed by atoms with Crippen LogP contribution in [0.2, 0.25) is 0 Å². The van der Waals surface area contributed by atoms with Crippen LogP contribution in [0.1, 0.15) is 25.0 Å². The van der Waals surface area contributed by atoms with Gasteiger partial charge in [0, 0.05) is 19.0 Å². The van der Waals surface area contributed by atoms with Crippen LogP contribution in [-0.2, 0) is 13.0 Å². The molecule has 0 bridgehead atoms. The average molecular weight is 305 g/mol. The number of benzene rings is 1. The summed E-state index contributed by atoms with van der Waals surface area (Å²) in [5.41, 5.74) is 2.52. The Morgan fingerprint density at radius 2 is 2.00 bits per heavy atom. The molecular formula is C17H23NO2S. The van der Waals surface area contributed by atoms with Crippen LogP contribution in [0.15, 0.2) is 35.0 Å². The standard InChI is InChI=1S/C17H23NO2S/c1-13(2)18-11-15-4-5-16(17(10-15)19-3)20-8-6-14-7-9-21-12-14/h4-5,7,9-10,12-13,18H,6,8,11H2,1-3H3. The van der Waals surface area contributed by atoms with E-state index in [9.17, 15) is 0 Å². The molecule has 0 amide bonds. The van der Waals surface area contributed by atoms with Crippen LogP contribution in [-0.4, -0.2) is 19.8 Å². The molecular weight excluding hydrogens is 282 g/mol. The second-order valence-corrected chi connectivity index (χ2v) is 6.03. The highest BCUT2D eigenvalue weighted by atomic mass is 32.1. The van der Waals surface area contributed by atoms with Crippen molar-refractivity contribution in [3.8, 4) is 11.5 Å². The van der Waals surface area contributed by atoms with E-state index in [2.05, 4.69) is 42.1 Å². The van der Waals surface area contributed by atoms with Crippen LogP contribution in [0, 0.1) is 0 Å². The molecule has 114 valence electrons. The molecule has 0 saturated carbocycles. The van der Waals surface area contributed by atoms with Gasteiger partial charge in [-0.25, -0.2) is 0 Å². The van der Waals surface area contributed by atoms with Crippen LogP contribution in [0.5, 0.6) is 11.5 Å². The van der Waals surface area contributed by atoms with E-state index in [4.69, 9.17) is 9.47 Å². The van der Waals surface area contributed by atoms with Gasteiger partial charge in [-0.1, -0.05) is 19.9 Å². The lowest BCUT2D eigenvalue weighted by atomic mass is 10.2. The Labute approximate surface area is 130 Å². The zero-order chi connectivity index (χ0) is 15.1. The summed E-state index contributed by atoms with van der Waals surface area (Å²) in [5, 5.41) is 7.64. The molecule has 1 aromatic carbocycles. The van der Waals surface area contributed by atoms with Crippen molar-refractivity contribution in [2.24, 2.45) is 0 Å². The minimum atomic E-state index is 0.470. The van der Waals surface area contributed by atoms with E-state index in [1.54, 1.807) is 18.4 Å². The molecule has 0 aliphatic carbocycles. The van der Waals surface area contributed by atoms with E-state index in [1.165, 1.54) is 11.1 Å². The minimum Gasteiger partial charge on any atom is -0.493 e. The van der Waals surface area contributed by atoms with Crippen molar-refractivity contribution in [1.29, 1.82) is 0 Å². The van der Waals surface area contributed by atoms with Crippen LogP contribution < -0.4 is 14.8 Å².